The van der Waals surface area contributed by atoms with Crippen molar-refractivity contribution in [1.82, 2.24) is 9.97 Å². The van der Waals surface area contributed by atoms with Gasteiger partial charge < -0.3 is 9.84 Å². The average molecular weight is 298 g/mol. The van der Waals surface area contributed by atoms with Crippen molar-refractivity contribution in [2.75, 3.05) is 13.2 Å². The SMILES string of the molecule is CCOC(=O)c1csc(-c2csc([C@H](C)CO)n2)n1. The summed E-state index contributed by atoms with van der Waals surface area (Å²) in [5.41, 5.74) is 1.05. The largest absolute Gasteiger partial charge is 0.461 e. The second kappa shape index (κ2) is 6.23. The van der Waals surface area contributed by atoms with E-state index in [1.165, 1.54) is 22.7 Å². The molecule has 0 saturated heterocycles. The van der Waals surface area contributed by atoms with Crippen LogP contribution in [0.5, 0.6) is 0 Å². The number of thiazole rings is 2. The van der Waals surface area contributed by atoms with Gasteiger partial charge in [0.25, 0.3) is 0 Å². The Morgan fingerprint density at radius 3 is 2.89 bits per heavy atom. The van der Waals surface area contributed by atoms with Crippen molar-refractivity contribution in [3.05, 3.63) is 21.5 Å². The highest BCUT2D eigenvalue weighted by Gasteiger charge is 2.16. The van der Waals surface area contributed by atoms with Gasteiger partial charge >= 0.3 is 5.97 Å². The van der Waals surface area contributed by atoms with Crippen LogP contribution < -0.4 is 0 Å². The molecule has 0 saturated carbocycles. The Hall–Kier alpha value is -1.31. The lowest BCUT2D eigenvalue weighted by Crippen LogP contribution is -2.04. The number of esters is 1. The highest BCUT2D eigenvalue weighted by Crippen LogP contribution is 2.28. The van der Waals surface area contributed by atoms with E-state index in [0.29, 0.717) is 17.3 Å². The van der Waals surface area contributed by atoms with Crippen molar-refractivity contribution in [3.8, 4) is 10.7 Å². The smallest absolute Gasteiger partial charge is 0.357 e. The molecule has 0 aromatic carbocycles. The zero-order chi connectivity index (χ0) is 13.8. The summed E-state index contributed by atoms with van der Waals surface area (Å²) in [4.78, 5) is 20.2. The lowest BCUT2D eigenvalue weighted by molar-refractivity contribution is 0.0520. The molecule has 0 unspecified atom stereocenters. The fourth-order valence-electron chi connectivity index (χ4n) is 1.38. The molecule has 0 aliphatic heterocycles. The standard InChI is InChI=1S/C12H14N2O3S2/c1-3-17-12(16)9-6-19-11(14-9)8-5-18-10(13-8)7(2)4-15/h5-7,15H,3-4H2,1-2H3/t7-/m1/s1. The second-order valence-corrected chi connectivity index (χ2v) is 5.66. The fraction of sp³-hybridized carbons (Fsp3) is 0.417. The molecule has 1 N–H and O–H groups in total. The monoisotopic (exact) mass is 298 g/mol. The summed E-state index contributed by atoms with van der Waals surface area (Å²) < 4.78 is 4.89. The van der Waals surface area contributed by atoms with E-state index in [1.807, 2.05) is 12.3 Å². The predicted molar refractivity (Wildman–Crippen MR) is 74.7 cm³/mol. The molecule has 2 aromatic rings. The van der Waals surface area contributed by atoms with Crippen LogP contribution in [-0.4, -0.2) is 34.3 Å². The van der Waals surface area contributed by atoms with Gasteiger partial charge in [-0.1, -0.05) is 6.92 Å². The van der Waals surface area contributed by atoms with E-state index >= 15 is 0 Å². The van der Waals surface area contributed by atoms with Gasteiger partial charge in [-0.05, 0) is 6.92 Å². The lowest BCUT2D eigenvalue weighted by Gasteiger charge is -2.00. The Morgan fingerprint density at radius 2 is 2.21 bits per heavy atom. The maximum absolute atomic E-state index is 11.5. The molecule has 1 atom stereocenters. The van der Waals surface area contributed by atoms with Crippen molar-refractivity contribution in [2.24, 2.45) is 0 Å². The Balaban J connectivity index is 2.18. The first-order chi connectivity index (χ1) is 9.15. The van der Waals surface area contributed by atoms with E-state index in [1.54, 1.807) is 12.3 Å². The summed E-state index contributed by atoms with van der Waals surface area (Å²) in [6, 6.07) is 0. The molecule has 7 heteroatoms. The number of nitrogens with zero attached hydrogens (tertiary/aromatic N) is 2. The highest BCUT2D eigenvalue weighted by atomic mass is 32.1. The Morgan fingerprint density at radius 1 is 1.42 bits per heavy atom. The van der Waals surface area contributed by atoms with Crippen LogP contribution in [0.2, 0.25) is 0 Å². The van der Waals surface area contributed by atoms with E-state index in [2.05, 4.69) is 9.97 Å². The zero-order valence-corrected chi connectivity index (χ0v) is 12.3. The van der Waals surface area contributed by atoms with Crippen LogP contribution in [0.25, 0.3) is 10.7 Å². The van der Waals surface area contributed by atoms with E-state index in [4.69, 9.17) is 9.84 Å². The van der Waals surface area contributed by atoms with Gasteiger partial charge in [-0.2, -0.15) is 0 Å². The van der Waals surface area contributed by atoms with Crippen LogP contribution in [0.4, 0.5) is 0 Å². The number of hydrogen-bond acceptors (Lipinski definition) is 7. The Bertz CT molecular complexity index is 565. The first-order valence-electron chi connectivity index (χ1n) is 5.85. The summed E-state index contributed by atoms with van der Waals surface area (Å²) in [7, 11) is 0. The first-order valence-corrected chi connectivity index (χ1v) is 7.61. The van der Waals surface area contributed by atoms with Crippen LogP contribution in [0.15, 0.2) is 10.8 Å². The molecule has 0 spiro atoms. The first kappa shape index (κ1) is 14.1. The van der Waals surface area contributed by atoms with E-state index in [0.717, 1.165) is 10.7 Å². The molecule has 2 heterocycles. The van der Waals surface area contributed by atoms with Gasteiger partial charge in [0, 0.05) is 16.7 Å². The quantitative estimate of drug-likeness (QED) is 0.859. The lowest BCUT2D eigenvalue weighted by atomic mass is 10.2. The van der Waals surface area contributed by atoms with Crippen LogP contribution in [0, 0.1) is 0 Å². The van der Waals surface area contributed by atoms with Crippen LogP contribution in [0.1, 0.15) is 35.3 Å². The number of ether oxygens (including phenoxy) is 1. The molecule has 0 bridgehead atoms. The molecule has 2 rings (SSSR count). The van der Waals surface area contributed by atoms with Crippen LogP contribution in [-0.2, 0) is 4.74 Å². The van der Waals surface area contributed by atoms with Crippen molar-refractivity contribution in [3.63, 3.8) is 0 Å². The summed E-state index contributed by atoms with van der Waals surface area (Å²) in [6.45, 7) is 4.07. The van der Waals surface area contributed by atoms with Gasteiger partial charge in [0.15, 0.2) is 5.69 Å². The van der Waals surface area contributed by atoms with E-state index in [-0.39, 0.29) is 12.5 Å². The second-order valence-electron chi connectivity index (χ2n) is 3.91. The molecule has 0 radical (unpaired) electrons. The number of aliphatic hydroxyl groups is 1. The van der Waals surface area contributed by atoms with Crippen molar-refractivity contribution < 1.29 is 14.6 Å². The normalized spacial score (nSPS) is 12.4. The maximum Gasteiger partial charge on any atom is 0.357 e. The van der Waals surface area contributed by atoms with Gasteiger partial charge in [-0.3, -0.25) is 0 Å². The number of carbonyl (C=O) groups excluding carboxylic acids is 1. The van der Waals surface area contributed by atoms with Crippen molar-refractivity contribution in [1.29, 1.82) is 0 Å². The topological polar surface area (TPSA) is 72.3 Å². The molecule has 0 aliphatic carbocycles. The third-order valence-electron chi connectivity index (χ3n) is 2.43. The van der Waals surface area contributed by atoms with Crippen LogP contribution >= 0.6 is 22.7 Å². The number of hydrogen-bond donors (Lipinski definition) is 1. The molecule has 0 aliphatic rings. The summed E-state index contributed by atoms with van der Waals surface area (Å²) >= 11 is 2.84. The third kappa shape index (κ3) is 3.17. The molecule has 5 nitrogen and oxygen atoms in total. The van der Waals surface area contributed by atoms with Crippen LogP contribution in [0.3, 0.4) is 0 Å². The minimum Gasteiger partial charge on any atom is -0.461 e. The fourth-order valence-corrected chi connectivity index (χ4v) is 3.06. The van der Waals surface area contributed by atoms with E-state index in [9.17, 15) is 4.79 Å². The molecule has 0 amide bonds. The molecular weight excluding hydrogens is 284 g/mol. The number of rotatable bonds is 5. The van der Waals surface area contributed by atoms with Crippen molar-refractivity contribution >= 4 is 28.6 Å². The molecular formula is C12H14N2O3S2. The van der Waals surface area contributed by atoms with E-state index < -0.39 is 5.97 Å². The molecule has 102 valence electrons. The van der Waals surface area contributed by atoms with Crippen molar-refractivity contribution in [2.45, 2.75) is 19.8 Å². The predicted octanol–water partition coefficient (Wildman–Crippen LogP) is 2.54. The Labute approximate surface area is 118 Å². The summed E-state index contributed by atoms with van der Waals surface area (Å²) in [5.74, 6) is -0.396. The summed E-state index contributed by atoms with van der Waals surface area (Å²) in [6.07, 6.45) is 0. The summed E-state index contributed by atoms with van der Waals surface area (Å²) in [5, 5.41) is 14.2. The van der Waals surface area contributed by atoms with Gasteiger partial charge in [0.05, 0.1) is 18.2 Å². The highest BCUT2D eigenvalue weighted by molar-refractivity contribution is 7.14. The molecule has 19 heavy (non-hydrogen) atoms. The number of aromatic nitrogens is 2. The zero-order valence-electron chi connectivity index (χ0n) is 10.6. The van der Waals surface area contributed by atoms with Gasteiger partial charge in [-0.25, -0.2) is 14.8 Å². The number of aliphatic hydroxyl groups excluding tert-OH is 1. The number of carbonyl (C=O) groups is 1. The molecule has 0 fully saturated rings. The molecule has 2 aromatic heterocycles. The Kier molecular flexibility index (Phi) is 4.62. The minimum absolute atomic E-state index is 0.0169. The van der Waals surface area contributed by atoms with Gasteiger partial charge in [0.2, 0.25) is 0 Å². The van der Waals surface area contributed by atoms with Gasteiger partial charge in [0.1, 0.15) is 10.7 Å². The average Bonchev–Trinajstić information content (AvgIpc) is 3.06. The third-order valence-corrected chi connectivity index (χ3v) is 4.37. The minimum atomic E-state index is -0.413. The maximum atomic E-state index is 11.5. The van der Waals surface area contributed by atoms with Gasteiger partial charge in [-0.15, -0.1) is 22.7 Å².